The third-order valence-electron chi connectivity index (χ3n) is 1.41. The highest BCUT2D eigenvalue weighted by Crippen LogP contribution is 1.98. The van der Waals surface area contributed by atoms with Gasteiger partial charge in [0.05, 0.1) is 6.26 Å². The minimum atomic E-state index is -0.797. The molecule has 0 aromatic carbocycles. The first kappa shape index (κ1) is 14.9. The molecule has 0 rings (SSSR count). The fourth-order valence-electron chi connectivity index (χ4n) is 0.784. The van der Waals surface area contributed by atoms with Crippen LogP contribution in [0.5, 0.6) is 0 Å². The highest BCUT2D eigenvalue weighted by molar-refractivity contribution is 5.81. The van der Waals surface area contributed by atoms with Crippen LogP contribution < -0.4 is 0 Å². The van der Waals surface area contributed by atoms with Gasteiger partial charge in [-0.1, -0.05) is 6.58 Å². The Morgan fingerprint density at radius 2 is 1.88 bits per heavy atom. The van der Waals surface area contributed by atoms with Gasteiger partial charge in [-0.05, 0) is 6.08 Å². The number of hydrogen-bond acceptors (Lipinski definition) is 6. The monoisotopic (exact) mass is 242 g/mol. The van der Waals surface area contributed by atoms with Gasteiger partial charge in [0, 0.05) is 19.9 Å². The van der Waals surface area contributed by atoms with E-state index < -0.39 is 24.0 Å². The lowest BCUT2D eigenvalue weighted by Gasteiger charge is -2.12. The van der Waals surface area contributed by atoms with Gasteiger partial charge in [0.25, 0.3) is 0 Å². The number of esters is 3. The van der Waals surface area contributed by atoms with Gasteiger partial charge in [0.2, 0.25) is 0 Å². The summed E-state index contributed by atoms with van der Waals surface area (Å²) in [7, 11) is 0. The summed E-state index contributed by atoms with van der Waals surface area (Å²) >= 11 is 0. The summed E-state index contributed by atoms with van der Waals surface area (Å²) in [6, 6.07) is 0. The Balaban J connectivity index is 4.26. The van der Waals surface area contributed by atoms with Crippen molar-refractivity contribution in [2.75, 3.05) is 6.61 Å². The van der Waals surface area contributed by atoms with Gasteiger partial charge in [0.15, 0.2) is 6.10 Å². The molecule has 1 atom stereocenters. The molecule has 0 radical (unpaired) electrons. The van der Waals surface area contributed by atoms with Gasteiger partial charge >= 0.3 is 17.9 Å². The highest BCUT2D eigenvalue weighted by Gasteiger charge is 2.10. The van der Waals surface area contributed by atoms with Crippen LogP contribution in [-0.4, -0.2) is 30.6 Å². The summed E-state index contributed by atoms with van der Waals surface area (Å²) in [5.74, 6) is -1.68. The normalized spacial score (nSPS) is 11.6. The van der Waals surface area contributed by atoms with E-state index in [-0.39, 0.29) is 6.61 Å². The quantitative estimate of drug-likeness (QED) is 0.295. The summed E-state index contributed by atoms with van der Waals surface area (Å²) in [6.45, 7) is 5.50. The molecule has 0 aliphatic rings. The number of rotatable bonds is 6. The fraction of sp³-hybridized carbons (Fsp3) is 0.364. The molecule has 17 heavy (non-hydrogen) atoms. The molecule has 0 N–H and O–H groups in total. The van der Waals surface area contributed by atoms with E-state index in [0.717, 1.165) is 12.3 Å². The first-order valence-electron chi connectivity index (χ1n) is 4.76. The lowest BCUT2D eigenvalue weighted by atomic mass is 10.3. The molecule has 6 nitrogen and oxygen atoms in total. The molecule has 0 fully saturated rings. The highest BCUT2D eigenvalue weighted by atomic mass is 16.6. The molecule has 0 saturated heterocycles. The molecule has 0 aliphatic heterocycles. The van der Waals surface area contributed by atoms with Crippen molar-refractivity contribution in [3.05, 3.63) is 25.0 Å². The van der Waals surface area contributed by atoms with Crippen molar-refractivity contribution in [3.63, 3.8) is 0 Å². The summed E-state index contributed by atoms with van der Waals surface area (Å²) in [5.41, 5.74) is 0. The van der Waals surface area contributed by atoms with Crippen molar-refractivity contribution in [1.29, 1.82) is 0 Å². The van der Waals surface area contributed by atoms with Crippen molar-refractivity contribution in [2.24, 2.45) is 0 Å². The Morgan fingerprint density at radius 1 is 1.24 bits per heavy atom. The predicted molar refractivity (Wildman–Crippen MR) is 57.6 cm³/mol. The van der Waals surface area contributed by atoms with Crippen molar-refractivity contribution in [2.45, 2.75) is 20.0 Å². The van der Waals surface area contributed by atoms with Crippen molar-refractivity contribution >= 4 is 17.9 Å². The molecule has 94 valence electrons. The van der Waals surface area contributed by atoms with E-state index in [1.165, 1.54) is 19.9 Å². The second-order valence-electron chi connectivity index (χ2n) is 2.92. The molecule has 6 heteroatoms. The topological polar surface area (TPSA) is 78.9 Å². The van der Waals surface area contributed by atoms with Gasteiger partial charge < -0.3 is 14.2 Å². The summed E-state index contributed by atoms with van der Waals surface area (Å²) in [4.78, 5) is 32.0. The van der Waals surface area contributed by atoms with Crippen LogP contribution >= 0.6 is 0 Å². The second-order valence-corrected chi connectivity index (χ2v) is 2.92. The molecule has 0 aromatic rings. The van der Waals surface area contributed by atoms with Crippen LogP contribution in [0.2, 0.25) is 0 Å². The maximum absolute atomic E-state index is 10.7. The Kier molecular flexibility index (Phi) is 7.09. The van der Waals surface area contributed by atoms with Crippen molar-refractivity contribution in [3.8, 4) is 0 Å². The van der Waals surface area contributed by atoms with Gasteiger partial charge in [0.1, 0.15) is 6.61 Å². The molecule has 0 spiro atoms. The second kappa shape index (κ2) is 8.09. The zero-order chi connectivity index (χ0) is 13.3. The van der Waals surface area contributed by atoms with Crippen molar-refractivity contribution in [1.82, 2.24) is 0 Å². The van der Waals surface area contributed by atoms with Gasteiger partial charge in [-0.15, -0.1) is 0 Å². The minimum Gasteiger partial charge on any atom is -0.462 e. The van der Waals surface area contributed by atoms with Crippen LogP contribution in [0.15, 0.2) is 25.0 Å². The third-order valence-corrected chi connectivity index (χ3v) is 1.41. The predicted octanol–water partition coefficient (Wildman–Crippen LogP) is 0.724. The molecule has 0 heterocycles. The maximum Gasteiger partial charge on any atom is 0.334 e. The smallest absolute Gasteiger partial charge is 0.334 e. The largest absolute Gasteiger partial charge is 0.462 e. The Bertz CT molecular complexity index is 331. The van der Waals surface area contributed by atoms with E-state index in [0.29, 0.717) is 0 Å². The molecule has 0 saturated carbocycles. The Labute approximate surface area is 98.8 Å². The summed E-state index contributed by atoms with van der Waals surface area (Å²) in [5, 5.41) is 0. The van der Waals surface area contributed by atoms with Crippen molar-refractivity contribution < 1.29 is 28.6 Å². The number of hydrogen-bond donors (Lipinski definition) is 0. The maximum atomic E-state index is 10.7. The molecule has 0 amide bonds. The molecule has 0 aromatic heterocycles. The number of carbonyl (C=O) groups excluding carboxylic acids is 3. The van der Waals surface area contributed by atoms with Crippen LogP contribution in [0.3, 0.4) is 0 Å². The minimum absolute atomic E-state index is 0.142. The van der Waals surface area contributed by atoms with Crippen LogP contribution in [0.1, 0.15) is 13.8 Å². The summed E-state index contributed by atoms with van der Waals surface area (Å²) < 4.78 is 14.0. The molecular weight excluding hydrogens is 228 g/mol. The van der Waals surface area contributed by atoms with Gasteiger partial charge in [-0.3, -0.25) is 9.59 Å². The van der Waals surface area contributed by atoms with Crippen LogP contribution in [0.4, 0.5) is 0 Å². The van der Waals surface area contributed by atoms with E-state index >= 15 is 0 Å². The van der Waals surface area contributed by atoms with E-state index in [9.17, 15) is 14.4 Å². The Morgan fingerprint density at radius 3 is 2.35 bits per heavy atom. The SMILES string of the molecule is C=CC(=O)OC=CC(COC(C)=O)OC(C)=O. The fourth-order valence-corrected chi connectivity index (χ4v) is 0.784. The first-order chi connectivity index (χ1) is 7.95. The third kappa shape index (κ3) is 8.86. The number of carbonyl (C=O) groups is 3. The number of ether oxygens (including phenoxy) is 3. The zero-order valence-electron chi connectivity index (χ0n) is 9.67. The molecule has 0 aliphatic carbocycles. The summed E-state index contributed by atoms with van der Waals surface area (Å²) in [6.07, 6.45) is 2.51. The van der Waals surface area contributed by atoms with Gasteiger partial charge in [-0.25, -0.2) is 4.79 Å². The van der Waals surface area contributed by atoms with Crippen LogP contribution in [-0.2, 0) is 28.6 Å². The van der Waals surface area contributed by atoms with E-state index in [2.05, 4.69) is 16.1 Å². The zero-order valence-corrected chi connectivity index (χ0v) is 9.67. The first-order valence-corrected chi connectivity index (χ1v) is 4.76. The van der Waals surface area contributed by atoms with E-state index in [1.54, 1.807) is 0 Å². The lowest BCUT2D eigenvalue weighted by Crippen LogP contribution is -2.21. The van der Waals surface area contributed by atoms with Crippen LogP contribution in [0.25, 0.3) is 0 Å². The van der Waals surface area contributed by atoms with Crippen LogP contribution in [0, 0.1) is 0 Å². The molecule has 1 unspecified atom stereocenters. The molecular formula is C11H14O6. The van der Waals surface area contributed by atoms with E-state index in [1.807, 2.05) is 0 Å². The standard InChI is InChI=1S/C11H14O6/c1-4-11(14)15-6-5-10(17-9(3)13)7-16-8(2)12/h4-6,10H,1,7H2,2-3H3. The lowest BCUT2D eigenvalue weighted by molar-refractivity contribution is -0.153. The average molecular weight is 242 g/mol. The Hall–Kier alpha value is -2.11. The molecule has 0 bridgehead atoms. The van der Waals surface area contributed by atoms with Gasteiger partial charge in [-0.2, -0.15) is 0 Å². The van der Waals surface area contributed by atoms with E-state index in [4.69, 9.17) is 4.74 Å². The average Bonchev–Trinajstić information content (AvgIpc) is 2.24.